The Morgan fingerprint density at radius 3 is 2.05 bits per heavy atom. The van der Waals surface area contributed by atoms with E-state index in [2.05, 4.69) is 18.9 Å². The predicted octanol–water partition coefficient (Wildman–Crippen LogP) is 5.74. The highest BCUT2D eigenvalue weighted by Crippen LogP contribution is 2.31. The third-order valence-electron chi connectivity index (χ3n) is 4.33. The fourth-order valence-electron chi connectivity index (χ4n) is 2.84. The topological polar surface area (TPSA) is 17.8 Å². The van der Waals surface area contributed by atoms with E-state index in [4.69, 9.17) is 0 Å². The normalized spacial score (nSPS) is 14.4. The maximum atomic E-state index is 14.1. The second-order valence-electron chi connectivity index (χ2n) is 6.37. The van der Waals surface area contributed by atoms with Crippen LogP contribution in [0.5, 0.6) is 0 Å². The molecule has 1 aromatic rings. The van der Waals surface area contributed by atoms with E-state index in [0.29, 0.717) is 0 Å². The van der Waals surface area contributed by atoms with Crippen LogP contribution in [0.3, 0.4) is 0 Å². The van der Waals surface area contributed by atoms with Crippen LogP contribution >= 0.6 is 0 Å². The molecule has 0 saturated heterocycles. The second kappa shape index (κ2) is 8.50. The summed E-state index contributed by atoms with van der Waals surface area (Å²) in [6.07, 6.45) is 9.63. The third-order valence-corrected chi connectivity index (χ3v) is 4.33. The van der Waals surface area contributed by atoms with Crippen LogP contribution < -0.4 is 0 Å². The quantitative estimate of drug-likeness (QED) is 0.504. The molecule has 122 valence electrons. The molecule has 0 fully saturated rings. The molecular formula is C17H30F2N2. The van der Waals surface area contributed by atoms with Gasteiger partial charge in [-0.15, -0.1) is 0 Å². The lowest BCUT2D eigenvalue weighted by atomic mass is 9.88. The lowest BCUT2D eigenvalue weighted by Gasteiger charge is -2.30. The van der Waals surface area contributed by atoms with Gasteiger partial charge in [-0.3, -0.25) is 0 Å². The zero-order valence-electron chi connectivity index (χ0n) is 14.0. The summed E-state index contributed by atoms with van der Waals surface area (Å²) in [5.41, 5.74) is -0.261. The van der Waals surface area contributed by atoms with Crippen molar-refractivity contribution in [3.63, 3.8) is 0 Å². The van der Waals surface area contributed by atoms with Gasteiger partial charge in [-0.2, -0.15) is 13.9 Å². The zero-order valence-corrected chi connectivity index (χ0v) is 14.0. The first-order chi connectivity index (χ1) is 9.96. The molecule has 1 rings (SSSR count). The molecule has 4 heteroatoms. The summed E-state index contributed by atoms with van der Waals surface area (Å²) in [6.45, 7) is 7.84. The minimum Gasteiger partial charge on any atom is -0.231 e. The fraction of sp³-hybridized carbons (Fsp3) is 0.824. The van der Waals surface area contributed by atoms with Crippen LogP contribution in [0.15, 0.2) is 0 Å². The summed E-state index contributed by atoms with van der Waals surface area (Å²) < 4.78 is 29.0. The first kappa shape index (κ1) is 18.1. The lowest BCUT2D eigenvalue weighted by Crippen LogP contribution is -2.33. The molecule has 2 nitrogen and oxygen atoms in total. The van der Waals surface area contributed by atoms with E-state index in [1.165, 1.54) is 30.9 Å². The SMILES string of the molecule is CCCCCCCC(C)(CCCC)n1nc(C)c(F)c1F. The van der Waals surface area contributed by atoms with E-state index in [9.17, 15) is 8.78 Å². The summed E-state index contributed by atoms with van der Waals surface area (Å²) in [5, 5.41) is 4.12. The lowest BCUT2D eigenvalue weighted by molar-refractivity contribution is 0.196. The van der Waals surface area contributed by atoms with Crippen molar-refractivity contribution in [3.05, 3.63) is 17.5 Å². The van der Waals surface area contributed by atoms with Crippen LogP contribution in [-0.4, -0.2) is 9.78 Å². The molecule has 0 bridgehead atoms. The molecule has 0 amide bonds. The molecule has 0 radical (unpaired) electrons. The summed E-state index contributed by atoms with van der Waals surface area (Å²) in [5.74, 6) is -1.61. The highest BCUT2D eigenvalue weighted by molar-refractivity contribution is 5.05. The van der Waals surface area contributed by atoms with E-state index in [1.54, 1.807) is 0 Å². The Balaban J connectivity index is 2.79. The van der Waals surface area contributed by atoms with Crippen LogP contribution in [0.2, 0.25) is 0 Å². The van der Waals surface area contributed by atoms with Gasteiger partial charge in [-0.1, -0.05) is 58.8 Å². The van der Waals surface area contributed by atoms with E-state index >= 15 is 0 Å². The molecule has 0 aliphatic heterocycles. The Morgan fingerprint density at radius 2 is 1.52 bits per heavy atom. The molecule has 0 spiro atoms. The predicted molar refractivity (Wildman–Crippen MR) is 83.4 cm³/mol. The molecule has 0 aliphatic rings. The van der Waals surface area contributed by atoms with Crippen molar-refractivity contribution in [1.82, 2.24) is 9.78 Å². The molecule has 0 N–H and O–H groups in total. The average Bonchev–Trinajstić information content (AvgIpc) is 2.73. The molecule has 1 unspecified atom stereocenters. The Morgan fingerprint density at radius 1 is 0.952 bits per heavy atom. The Kier molecular flexibility index (Phi) is 7.33. The third kappa shape index (κ3) is 4.79. The largest absolute Gasteiger partial charge is 0.248 e. The molecule has 1 heterocycles. The number of halogens is 2. The van der Waals surface area contributed by atoms with Crippen LogP contribution in [0, 0.1) is 18.7 Å². The van der Waals surface area contributed by atoms with Crippen LogP contribution in [-0.2, 0) is 5.54 Å². The van der Waals surface area contributed by atoms with Gasteiger partial charge >= 0.3 is 0 Å². The highest BCUT2D eigenvalue weighted by Gasteiger charge is 2.31. The number of rotatable bonds is 10. The minimum atomic E-state index is -0.806. The smallest absolute Gasteiger partial charge is 0.231 e. The highest BCUT2D eigenvalue weighted by atomic mass is 19.2. The molecule has 1 atom stereocenters. The van der Waals surface area contributed by atoms with Gasteiger partial charge < -0.3 is 0 Å². The Labute approximate surface area is 127 Å². The van der Waals surface area contributed by atoms with Crippen LogP contribution in [0.25, 0.3) is 0 Å². The van der Waals surface area contributed by atoms with Gasteiger partial charge in [0.05, 0.1) is 11.2 Å². The summed E-state index contributed by atoms with van der Waals surface area (Å²) in [6, 6.07) is 0. The first-order valence-electron chi connectivity index (χ1n) is 8.37. The van der Waals surface area contributed by atoms with Crippen molar-refractivity contribution in [2.24, 2.45) is 0 Å². The first-order valence-corrected chi connectivity index (χ1v) is 8.37. The van der Waals surface area contributed by atoms with Crippen molar-refractivity contribution >= 4 is 0 Å². The van der Waals surface area contributed by atoms with Gasteiger partial charge in [-0.05, 0) is 26.7 Å². The van der Waals surface area contributed by atoms with Crippen molar-refractivity contribution in [2.45, 2.75) is 91.0 Å². The molecule has 0 aliphatic carbocycles. The summed E-state index contributed by atoms with van der Waals surface area (Å²) in [4.78, 5) is 0. The van der Waals surface area contributed by atoms with Gasteiger partial charge in [-0.25, -0.2) is 4.68 Å². The summed E-state index contributed by atoms with van der Waals surface area (Å²) >= 11 is 0. The van der Waals surface area contributed by atoms with E-state index in [0.717, 1.165) is 38.5 Å². The molecular weight excluding hydrogens is 270 g/mol. The number of aromatic nitrogens is 2. The van der Waals surface area contributed by atoms with Crippen molar-refractivity contribution in [3.8, 4) is 0 Å². The number of hydrogen-bond donors (Lipinski definition) is 0. The van der Waals surface area contributed by atoms with Crippen LogP contribution in [0.4, 0.5) is 8.78 Å². The van der Waals surface area contributed by atoms with Gasteiger partial charge in [0.1, 0.15) is 0 Å². The minimum absolute atomic E-state index is 0.154. The van der Waals surface area contributed by atoms with Crippen LogP contribution in [0.1, 0.15) is 84.3 Å². The zero-order chi connectivity index (χ0) is 15.9. The van der Waals surface area contributed by atoms with Gasteiger partial charge in [0.25, 0.3) is 0 Å². The fourth-order valence-corrected chi connectivity index (χ4v) is 2.84. The molecule has 1 aromatic heterocycles. The van der Waals surface area contributed by atoms with Gasteiger partial charge in [0.2, 0.25) is 11.8 Å². The number of unbranched alkanes of at least 4 members (excludes halogenated alkanes) is 5. The maximum absolute atomic E-state index is 14.1. The summed E-state index contributed by atoms with van der Waals surface area (Å²) in [7, 11) is 0. The van der Waals surface area contributed by atoms with E-state index < -0.39 is 17.3 Å². The standard InChI is InChI=1S/C17H30F2N2/c1-5-7-9-10-11-13-17(4,12-8-6-2)21-16(19)15(18)14(3)20-21/h5-13H2,1-4H3. The Hall–Kier alpha value is -0.930. The monoisotopic (exact) mass is 300 g/mol. The number of aryl methyl sites for hydroxylation is 1. The van der Waals surface area contributed by atoms with Crippen molar-refractivity contribution in [2.75, 3.05) is 0 Å². The van der Waals surface area contributed by atoms with E-state index in [1.807, 2.05) is 6.92 Å². The van der Waals surface area contributed by atoms with E-state index in [-0.39, 0.29) is 5.69 Å². The Bertz CT molecular complexity index is 429. The van der Waals surface area contributed by atoms with Gasteiger partial charge in [0.15, 0.2) is 0 Å². The number of hydrogen-bond acceptors (Lipinski definition) is 1. The van der Waals surface area contributed by atoms with Crippen molar-refractivity contribution < 1.29 is 8.78 Å². The molecule has 21 heavy (non-hydrogen) atoms. The van der Waals surface area contributed by atoms with Crippen molar-refractivity contribution in [1.29, 1.82) is 0 Å². The maximum Gasteiger partial charge on any atom is 0.248 e. The number of nitrogens with zero attached hydrogens (tertiary/aromatic N) is 2. The molecule has 0 saturated carbocycles. The second-order valence-corrected chi connectivity index (χ2v) is 6.37. The molecule has 0 aromatic carbocycles. The average molecular weight is 300 g/mol. The van der Waals surface area contributed by atoms with Gasteiger partial charge in [0, 0.05) is 0 Å².